The monoisotopic (exact) mass is 216 g/mol. The molecule has 0 aliphatic rings. The van der Waals surface area contributed by atoms with Crippen molar-refractivity contribution in [1.29, 1.82) is 0 Å². The zero-order chi connectivity index (χ0) is 12.9. The second-order valence-corrected chi connectivity index (χ2v) is 2.47. The van der Waals surface area contributed by atoms with E-state index in [-0.39, 0.29) is 6.61 Å². The van der Waals surface area contributed by atoms with Crippen LogP contribution in [0.15, 0.2) is 24.8 Å². The van der Waals surface area contributed by atoms with E-state index in [1.165, 1.54) is 25.3 Å². The Kier molecular flexibility index (Phi) is 80.0. The van der Waals surface area contributed by atoms with Gasteiger partial charge in [0.2, 0.25) is 0 Å². The maximum Gasteiger partial charge on any atom is 0.0609 e. The minimum Gasteiger partial charge on any atom is -0.392 e. The molecule has 0 aromatic carbocycles. The molecule has 0 aromatic heterocycles. The van der Waals surface area contributed by atoms with Crippen molar-refractivity contribution in [3.05, 3.63) is 24.8 Å². The van der Waals surface area contributed by atoms with Crippen LogP contribution in [-0.2, 0) is 0 Å². The number of rotatable bonds is 3. The smallest absolute Gasteiger partial charge is 0.0609 e. The summed E-state index contributed by atoms with van der Waals surface area (Å²) in [7, 11) is 0. The van der Waals surface area contributed by atoms with Crippen LogP contribution in [0.4, 0.5) is 0 Å². The summed E-state index contributed by atoms with van der Waals surface area (Å²) in [6, 6.07) is 0. The van der Waals surface area contributed by atoms with Crippen molar-refractivity contribution < 1.29 is 5.11 Å². The van der Waals surface area contributed by atoms with E-state index in [9.17, 15) is 0 Å². The van der Waals surface area contributed by atoms with Gasteiger partial charge in [-0.25, -0.2) is 0 Å². The molecule has 94 valence electrons. The van der Waals surface area contributed by atoms with E-state index in [1.54, 1.807) is 0 Å². The first-order valence-corrected chi connectivity index (χ1v) is 6.11. The summed E-state index contributed by atoms with van der Waals surface area (Å²) in [5.74, 6) is 0. The molecule has 0 unspecified atom stereocenters. The number of allylic oxidation sites excluding steroid dienone is 2. The van der Waals surface area contributed by atoms with Crippen LogP contribution in [0.1, 0.15) is 60.8 Å². The zero-order valence-electron chi connectivity index (χ0n) is 11.7. The molecular formula is C14H32O. The summed E-state index contributed by atoms with van der Waals surface area (Å²) in [5, 5.41) is 7.76. The lowest BCUT2D eigenvalue weighted by Crippen LogP contribution is -1.62. The van der Waals surface area contributed by atoms with Crippen LogP contribution in [0.2, 0.25) is 0 Å². The van der Waals surface area contributed by atoms with Gasteiger partial charge in [0.15, 0.2) is 0 Å². The first kappa shape index (κ1) is 23.9. The van der Waals surface area contributed by atoms with Crippen molar-refractivity contribution in [1.82, 2.24) is 0 Å². The van der Waals surface area contributed by atoms with Crippen molar-refractivity contribution in [2.45, 2.75) is 60.8 Å². The Bertz CT molecular complexity index is 79.3. The molecule has 0 radical (unpaired) electrons. The summed E-state index contributed by atoms with van der Waals surface area (Å²) in [5.41, 5.74) is 0. The van der Waals surface area contributed by atoms with Crippen LogP contribution >= 0.6 is 0 Å². The fourth-order valence-corrected chi connectivity index (χ4v) is 0.333. The SMILES string of the molecule is C=CCO.CC.CC/C=C/CC.CCC. The van der Waals surface area contributed by atoms with Gasteiger partial charge in [-0.2, -0.15) is 0 Å². The topological polar surface area (TPSA) is 20.2 Å². The summed E-state index contributed by atoms with van der Waals surface area (Å²) in [6.45, 7) is 15.9. The van der Waals surface area contributed by atoms with Crippen molar-refractivity contribution in [2.24, 2.45) is 0 Å². The van der Waals surface area contributed by atoms with E-state index >= 15 is 0 Å². The van der Waals surface area contributed by atoms with Crippen LogP contribution in [0, 0.1) is 0 Å². The molecule has 0 aliphatic heterocycles. The predicted octanol–water partition coefficient (Wildman–Crippen LogP) is 4.97. The molecule has 0 heterocycles. The first-order chi connectivity index (χ1) is 7.24. The number of aliphatic hydroxyl groups is 1. The molecule has 15 heavy (non-hydrogen) atoms. The molecule has 1 nitrogen and oxygen atoms in total. The zero-order valence-corrected chi connectivity index (χ0v) is 11.7. The fraction of sp³-hybridized carbons (Fsp3) is 0.714. The van der Waals surface area contributed by atoms with Gasteiger partial charge in [0.05, 0.1) is 6.61 Å². The van der Waals surface area contributed by atoms with Gasteiger partial charge in [0.1, 0.15) is 0 Å². The highest BCUT2D eigenvalue weighted by Gasteiger charge is 1.60. The average molecular weight is 216 g/mol. The van der Waals surface area contributed by atoms with Crippen LogP contribution in [0.25, 0.3) is 0 Å². The quantitative estimate of drug-likeness (QED) is 0.660. The molecule has 1 N–H and O–H groups in total. The molecule has 0 amide bonds. The van der Waals surface area contributed by atoms with Crippen molar-refractivity contribution in [3.8, 4) is 0 Å². The Labute approximate surface area is 97.9 Å². The van der Waals surface area contributed by atoms with Gasteiger partial charge in [-0.15, -0.1) is 6.58 Å². The maximum absolute atomic E-state index is 7.76. The molecular weight excluding hydrogens is 184 g/mol. The van der Waals surface area contributed by atoms with Crippen molar-refractivity contribution >= 4 is 0 Å². The first-order valence-electron chi connectivity index (χ1n) is 6.11. The van der Waals surface area contributed by atoms with E-state index in [0.29, 0.717) is 0 Å². The fourth-order valence-electron chi connectivity index (χ4n) is 0.333. The molecule has 0 saturated heterocycles. The molecule has 1 heteroatoms. The highest BCUT2D eigenvalue weighted by atomic mass is 16.2. The van der Waals surface area contributed by atoms with E-state index in [1.807, 2.05) is 13.8 Å². The number of aliphatic hydroxyl groups excluding tert-OH is 1. The molecule has 0 atom stereocenters. The summed E-state index contributed by atoms with van der Waals surface area (Å²) in [4.78, 5) is 0. The van der Waals surface area contributed by atoms with Crippen molar-refractivity contribution in [3.63, 3.8) is 0 Å². The normalized spacial score (nSPS) is 7.40. The molecule has 0 bridgehead atoms. The molecule has 0 aromatic rings. The van der Waals surface area contributed by atoms with Crippen molar-refractivity contribution in [2.75, 3.05) is 6.61 Å². The second kappa shape index (κ2) is 50.1. The Morgan fingerprint density at radius 2 is 1.13 bits per heavy atom. The standard InChI is InChI=1S/C6H12.C3H6O.C3H8.C2H6/c1-3-5-6-4-2;1-2-3-4;1-3-2;1-2/h5-6H,3-4H2,1-2H3;2,4H,1,3H2;3H2,1-2H3;1-2H3/b6-5+;;;. The highest BCUT2D eigenvalue weighted by Crippen LogP contribution is 1.81. The van der Waals surface area contributed by atoms with E-state index in [0.717, 1.165) is 0 Å². The lowest BCUT2D eigenvalue weighted by Gasteiger charge is -1.72. The summed E-state index contributed by atoms with van der Waals surface area (Å²) < 4.78 is 0. The third-order valence-corrected chi connectivity index (χ3v) is 0.767. The van der Waals surface area contributed by atoms with Gasteiger partial charge in [-0.05, 0) is 12.8 Å². The van der Waals surface area contributed by atoms with Gasteiger partial charge in [0.25, 0.3) is 0 Å². The molecule has 0 spiro atoms. The van der Waals surface area contributed by atoms with Crippen LogP contribution in [-0.4, -0.2) is 11.7 Å². The van der Waals surface area contributed by atoms with Crippen LogP contribution in [0.5, 0.6) is 0 Å². The largest absolute Gasteiger partial charge is 0.392 e. The Morgan fingerprint density at radius 1 is 0.933 bits per heavy atom. The minimum atomic E-state index is 0.0833. The van der Waals surface area contributed by atoms with Gasteiger partial charge in [0, 0.05) is 0 Å². The average Bonchev–Trinajstić information content (AvgIpc) is 2.30. The summed E-state index contributed by atoms with van der Waals surface area (Å²) >= 11 is 0. The summed E-state index contributed by atoms with van der Waals surface area (Å²) in [6.07, 6.45) is 9.39. The van der Waals surface area contributed by atoms with E-state index in [2.05, 4.69) is 46.4 Å². The van der Waals surface area contributed by atoms with Gasteiger partial charge >= 0.3 is 0 Å². The molecule has 0 rings (SSSR count). The third kappa shape index (κ3) is 149. The molecule has 0 fully saturated rings. The Hall–Kier alpha value is -0.560. The van der Waals surface area contributed by atoms with E-state index < -0.39 is 0 Å². The van der Waals surface area contributed by atoms with Gasteiger partial charge < -0.3 is 5.11 Å². The predicted molar refractivity (Wildman–Crippen MR) is 74.3 cm³/mol. The lowest BCUT2D eigenvalue weighted by molar-refractivity contribution is 0.343. The second-order valence-electron chi connectivity index (χ2n) is 2.47. The molecule has 0 saturated carbocycles. The van der Waals surface area contributed by atoms with Gasteiger partial charge in [-0.1, -0.05) is 66.2 Å². The maximum atomic E-state index is 7.76. The minimum absolute atomic E-state index is 0.0833. The Balaban J connectivity index is -0.0000000590. The van der Waals surface area contributed by atoms with Crippen LogP contribution < -0.4 is 0 Å². The third-order valence-electron chi connectivity index (χ3n) is 0.767. The lowest BCUT2D eigenvalue weighted by atomic mass is 10.4. The van der Waals surface area contributed by atoms with Gasteiger partial charge in [-0.3, -0.25) is 0 Å². The van der Waals surface area contributed by atoms with E-state index in [4.69, 9.17) is 5.11 Å². The van der Waals surface area contributed by atoms with Crippen LogP contribution in [0.3, 0.4) is 0 Å². The number of hydrogen-bond donors (Lipinski definition) is 1. The Morgan fingerprint density at radius 3 is 1.20 bits per heavy atom. The number of hydrogen-bond acceptors (Lipinski definition) is 1. The molecule has 0 aliphatic carbocycles. The highest BCUT2D eigenvalue weighted by molar-refractivity contribution is 4.77.